The standard InChI is InChI=1S/C17H18ClNO/c1-10-6-12(19)4-5-13(10)14-7-11(18)8-16-15(14)9-17(2,3)20-16/h4-8H,9,19H2,1-3H3. The minimum absolute atomic E-state index is 0.177. The van der Waals surface area contributed by atoms with E-state index in [1.165, 1.54) is 11.1 Å². The predicted molar refractivity (Wildman–Crippen MR) is 84.4 cm³/mol. The number of anilines is 1. The first-order chi connectivity index (χ1) is 9.35. The fourth-order valence-corrected chi connectivity index (χ4v) is 3.08. The maximum Gasteiger partial charge on any atom is 0.125 e. The van der Waals surface area contributed by atoms with Crippen molar-refractivity contribution in [2.75, 3.05) is 5.73 Å². The summed E-state index contributed by atoms with van der Waals surface area (Å²) in [6.45, 7) is 6.26. The summed E-state index contributed by atoms with van der Waals surface area (Å²) in [6, 6.07) is 9.90. The van der Waals surface area contributed by atoms with Crippen molar-refractivity contribution in [2.24, 2.45) is 0 Å². The zero-order chi connectivity index (χ0) is 14.5. The van der Waals surface area contributed by atoms with Gasteiger partial charge in [0, 0.05) is 22.7 Å². The third-order valence-electron chi connectivity index (χ3n) is 3.70. The summed E-state index contributed by atoms with van der Waals surface area (Å²) >= 11 is 6.25. The molecule has 0 radical (unpaired) electrons. The smallest absolute Gasteiger partial charge is 0.125 e. The summed E-state index contributed by atoms with van der Waals surface area (Å²) in [7, 11) is 0. The molecule has 2 aromatic carbocycles. The van der Waals surface area contributed by atoms with Gasteiger partial charge in [0.2, 0.25) is 0 Å². The van der Waals surface area contributed by atoms with E-state index in [1.807, 2.05) is 24.3 Å². The molecule has 0 saturated heterocycles. The fraction of sp³-hybridized carbons (Fsp3) is 0.294. The van der Waals surface area contributed by atoms with Crippen molar-refractivity contribution >= 4 is 17.3 Å². The fourth-order valence-electron chi connectivity index (χ4n) is 2.87. The van der Waals surface area contributed by atoms with E-state index in [4.69, 9.17) is 22.1 Å². The quantitative estimate of drug-likeness (QED) is 0.777. The lowest BCUT2D eigenvalue weighted by Crippen LogP contribution is -2.24. The molecule has 0 spiro atoms. The Bertz CT molecular complexity index is 692. The molecule has 104 valence electrons. The number of rotatable bonds is 1. The van der Waals surface area contributed by atoms with Gasteiger partial charge in [-0.05, 0) is 61.7 Å². The van der Waals surface area contributed by atoms with Gasteiger partial charge in [0.1, 0.15) is 11.4 Å². The summed E-state index contributed by atoms with van der Waals surface area (Å²) in [5.41, 5.74) is 11.1. The number of hydrogen-bond acceptors (Lipinski definition) is 2. The Morgan fingerprint density at radius 3 is 2.60 bits per heavy atom. The van der Waals surface area contributed by atoms with Crippen molar-refractivity contribution in [3.8, 4) is 16.9 Å². The van der Waals surface area contributed by atoms with E-state index >= 15 is 0 Å². The molecule has 0 fully saturated rings. The van der Waals surface area contributed by atoms with Crippen LogP contribution in [0.1, 0.15) is 25.0 Å². The Labute approximate surface area is 124 Å². The number of aryl methyl sites for hydroxylation is 1. The molecule has 0 amide bonds. The van der Waals surface area contributed by atoms with E-state index in [9.17, 15) is 0 Å². The molecule has 3 heteroatoms. The van der Waals surface area contributed by atoms with Crippen molar-refractivity contribution in [2.45, 2.75) is 32.8 Å². The zero-order valence-corrected chi connectivity index (χ0v) is 12.7. The van der Waals surface area contributed by atoms with Gasteiger partial charge in [-0.1, -0.05) is 17.7 Å². The molecule has 1 heterocycles. The van der Waals surface area contributed by atoms with Crippen LogP contribution in [0.25, 0.3) is 11.1 Å². The minimum Gasteiger partial charge on any atom is -0.487 e. The van der Waals surface area contributed by atoms with Crippen LogP contribution in [0.5, 0.6) is 5.75 Å². The monoisotopic (exact) mass is 287 g/mol. The van der Waals surface area contributed by atoms with Gasteiger partial charge in [0.15, 0.2) is 0 Å². The lowest BCUT2D eigenvalue weighted by atomic mass is 9.91. The summed E-state index contributed by atoms with van der Waals surface area (Å²) in [4.78, 5) is 0. The van der Waals surface area contributed by atoms with Gasteiger partial charge in [0.25, 0.3) is 0 Å². The van der Waals surface area contributed by atoms with Crippen molar-refractivity contribution in [3.05, 3.63) is 46.5 Å². The summed E-state index contributed by atoms with van der Waals surface area (Å²) < 4.78 is 5.99. The molecule has 2 aromatic rings. The first-order valence-corrected chi connectivity index (χ1v) is 7.11. The molecule has 2 nitrogen and oxygen atoms in total. The van der Waals surface area contributed by atoms with Crippen LogP contribution < -0.4 is 10.5 Å². The topological polar surface area (TPSA) is 35.2 Å². The van der Waals surface area contributed by atoms with Crippen LogP contribution in [0, 0.1) is 6.92 Å². The molecular weight excluding hydrogens is 270 g/mol. The number of halogens is 1. The first kappa shape index (κ1) is 13.3. The molecule has 2 N–H and O–H groups in total. The number of nitrogen functional groups attached to an aromatic ring is 1. The Morgan fingerprint density at radius 2 is 1.90 bits per heavy atom. The highest BCUT2D eigenvalue weighted by Gasteiger charge is 2.32. The van der Waals surface area contributed by atoms with Gasteiger partial charge in [0.05, 0.1) is 0 Å². The number of benzene rings is 2. The van der Waals surface area contributed by atoms with Crippen molar-refractivity contribution < 1.29 is 4.74 Å². The number of nitrogens with two attached hydrogens (primary N) is 1. The lowest BCUT2D eigenvalue weighted by Gasteiger charge is -2.16. The highest BCUT2D eigenvalue weighted by Crippen LogP contribution is 2.43. The van der Waals surface area contributed by atoms with Gasteiger partial charge >= 0.3 is 0 Å². The van der Waals surface area contributed by atoms with E-state index in [0.29, 0.717) is 5.02 Å². The normalized spacial score (nSPS) is 15.8. The van der Waals surface area contributed by atoms with Crippen LogP contribution in [0.2, 0.25) is 5.02 Å². The highest BCUT2D eigenvalue weighted by molar-refractivity contribution is 6.31. The average Bonchev–Trinajstić information content (AvgIpc) is 2.62. The van der Waals surface area contributed by atoms with Crippen molar-refractivity contribution in [3.63, 3.8) is 0 Å². The minimum atomic E-state index is -0.177. The molecule has 0 atom stereocenters. The molecular formula is C17H18ClNO. The van der Waals surface area contributed by atoms with Gasteiger partial charge in [-0.25, -0.2) is 0 Å². The maximum absolute atomic E-state index is 6.25. The number of fused-ring (bicyclic) bond motifs is 1. The van der Waals surface area contributed by atoms with Crippen LogP contribution >= 0.6 is 11.6 Å². The molecule has 0 bridgehead atoms. The van der Waals surface area contributed by atoms with Crippen LogP contribution in [0.15, 0.2) is 30.3 Å². The largest absolute Gasteiger partial charge is 0.487 e. The van der Waals surface area contributed by atoms with Gasteiger partial charge in [-0.2, -0.15) is 0 Å². The van der Waals surface area contributed by atoms with Crippen molar-refractivity contribution in [1.82, 2.24) is 0 Å². The van der Waals surface area contributed by atoms with Crippen LogP contribution in [0.3, 0.4) is 0 Å². The summed E-state index contributed by atoms with van der Waals surface area (Å²) in [5.74, 6) is 0.897. The number of hydrogen-bond donors (Lipinski definition) is 1. The Morgan fingerprint density at radius 1 is 1.15 bits per heavy atom. The Hall–Kier alpha value is -1.67. The Balaban J connectivity index is 2.21. The highest BCUT2D eigenvalue weighted by atomic mass is 35.5. The summed E-state index contributed by atoms with van der Waals surface area (Å²) in [5, 5.41) is 0.702. The maximum atomic E-state index is 6.25. The van der Waals surface area contributed by atoms with Crippen LogP contribution in [0.4, 0.5) is 5.69 Å². The Kier molecular flexibility index (Phi) is 2.94. The van der Waals surface area contributed by atoms with E-state index < -0.39 is 0 Å². The van der Waals surface area contributed by atoms with Gasteiger partial charge < -0.3 is 10.5 Å². The molecule has 0 aliphatic carbocycles. The SMILES string of the molecule is Cc1cc(N)ccc1-c1cc(Cl)cc2c1CC(C)(C)O2. The molecule has 1 aliphatic heterocycles. The van der Waals surface area contributed by atoms with Crippen LogP contribution in [-0.4, -0.2) is 5.60 Å². The van der Waals surface area contributed by atoms with E-state index in [1.54, 1.807) is 0 Å². The molecule has 0 aromatic heterocycles. The second-order valence-corrected chi connectivity index (χ2v) is 6.48. The first-order valence-electron chi connectivity index (χ1n) is 6.74. The summed E-state index contributed by atoms with van der Waals surface area (Å²) in [6.07, 6.45) is 0.888. The zero-order valence-electron chi connectivity index (χ0n) is 12.0. The van der Waals surface area contributed by atoms with Gasteiger partial charge in [-0.15, -0.1) is 0 Å². The van der Waals surface area contributed by atoms with E-state index in [2.05, 4.69) is 26.8 Å². The second-order valence-electron chi connectivity index (χ2n) is 6.04. The third kappa shape index (κ3) is 2.25. The van der Waals surface area contributed by atoms with Crippen LogP contribution in [-0.2, 0) is 6.42 Å². The molecule has 0 saturated carbocycles. The number of ether oxygens (including phenoxy) is 1. The molecule has 3 rings (SSSR count). The third-order valence-corrected chi connectivity index (χ3v) is 3.92. The average molecular weight is 288 g/mol. The molecule has 0 unspecified atom stereocenters. The second kappa shape index (κ2) is 4.42. The lowest BCUT2D eigenvalue weighted by molar-refractivity contribution is 0.138. The van der Waals surface area contributed by atoms with E-state index in [0.717, 1.165) is 29.0 Å². The van der Waals surface area contributed by atoms with Gasteiger partial charge in [-0.3, -0.25) is 0 Å². The predicted octanol–water partition coefficient (Wildman–Crippen LogP) is 4.61. The van der Waals surface area contributed by atoms with E-state index in [-0.39, 0.29) is 5.60 Å². The molecule has 20 heavy (non-hydrogen) atoms. The molecule has 1 aliphatic rings. The van der Waals surface area contributed by atoms with Crippen molar-refractivity contribution in [1.29, 1.82) is 0 Å².